The van der Waals surface area contributed by atoms with Crippen LogP contribution in [-0.4, -0.2) is 53.5 Å². The summed E-state index contributed by atoms with van der Waals surface area (Å²) in [5.74, 6) is -1.27. The fraction of sp³-hybridized carbons (Fsp3) is 0.452. The molecule has 1 aliphatic carbocycles. The molecule has 1 fully saturated rings. The van der Waals surface area contributed by atoms with Gasteiger partial charge in [0.2, 0.25) is 0 Å². The number of amides is 4. The topological polar surface area (TPSA) is 181 Å². The van der Waals surface area contributed by atoms with Crippen LogP contribution in [0.5, 0.6) is 0 Å². The number of hydrogen-bond donors (Lipinski definition) is 5. The number of rotatable bonds is 10. The number of aliphatic carboxylic acids is 1. The van der Waals surface area contributed by atoms with Crippen molar-refractivity contribution in [3.8, 4) is 0 Å². The van der Waals surface area contributed by atoms with Crippen molar-refractivity contribution in [1.29, 1.82) is 0 Å². The van der Waals surface area contributed by atoms with Crippen LogP contribution in [0.3, 0.4) is 0 Å². The average molecular weight is 615 g/mol. The summed E-state index contributed by atoms with van der Waals surface area (Å²) < 4.78 is 15.1. The maximum Gasteiger partial charge on any atom is 0.426 e. The molecule has 13 nitrogen and oxygen atoms in total. The highest BCUT2D eigenvalue weighted by Crippen LogP contribution is 2.28. The van der Waals surface area contributed by atoms with E-state index in [1.54, 1.807) is 20.8 Å². The van der Waals surface area contributed by atoms with E-state index in [1.165, 1.54) is 0 Å². The molecule has 2 aromatic rings. The second-order valence-electron chi connectivity index (χ2n) is 11.1. The molecule has 3 rings (SSSR count). The summed E-state index contributed by atoms with van der Waals surface area (Å²) in [4.78, 5) is 57.5. The first kappa shape index (κ1) is 35.4. The van der Waals surface area contributed by atoms with Crippen LogP contribution in [0.4, 0.5) is 14.4 Å². The molecule has 0 bridgehead atoms. The van der Waals surface area contributed by atoms with E-state index < -0.39 is 48.3 Å². The zero-order valence-electron chi connectivity index (χ0n) is 25.3. The van der Waals surface area contributed by atoms with Gasteiger partial charge in [0.25, 0.3) is 5.91 Å². The van der Waals surface area contributed by atoms with Crippen molar-refractivity contribution in [3.63, 3.8) is 0 Å². The lowest BCUT2D eigenvalue weighted by molar-refractivity contribution is -0.135. The van der Waals surface area contributed by atoms with Crippen molar-refractivity contribution < 1.29 is 43.3 Å². The average Bonchev–Trinajstić information content (AvgIpc) is 3.50. The van der Waals surface area contributed by atoms with E-state index in [0.29, 0.717) is 12.3 Å². The number of ether oxygens (including phenoxy) is 3. The van der Waals surface area contributed by atoms with Gasteiger partial charge < -0.3 is 30.0 Å². The van der Waals surface area contributed by atoms with E-state index in [9.17, 15) is 24.0 Å². The minimum Gasteiger partial charge on any atom is -0.480 e. The molecule has 2 aromatic carbocycles. The van der Waals surface area contributed by atoms with Crippen molar-refractivity contribution in [3.05, 3.63) is 71.8 Å². The lowest BCUT2D eigenvalue weighted by atomic mass is 9.98. The van der Waals surface area contributed by atoms with Gasteiger partial charge in [0.15, 0.2) is 0 Å². The Hall–Kier alpha value is -4.81. The summed E-state index contributed by atoms with van der Waals surface area (Å²) in [5.41, 5.74) is 5.57. The van der Waals surface area contributed by atoms with Crippen LogP contribution in [0.2, 0.25) is 0 Å². The SMILES string of the molecule is CC(C)(C)OC(=O)NNC(=O)[C@H](CC1CCCC1)NC(=O)OCc1ccccc1.O=C(O)CNC(=O)OCc1ccccc1. The number of benzene rings is 2. The molecule has 0 aromatic heterocycles. The third-order valence-corrected chi connectivity index (χ3v) is 6.15. The minimum absolute atomic E-state index is 0.112. The van der Waals surface area contributed by atoms with Crippen molar-refractivity contribution >= 4 is 30.2 Å². The van der Waals surface area contributed by atoms with Gasteiger partial charge in [0.1, 0.15) is 31.4 Å². The molecule has 0 unspecified atom stereocenters. The van der Waals surface area contributed by atoms with Crippen molar-refractivity contribution in [2.24, 2.45) is 5.92 Å². The van der Waals surface area contributed by atoms with Gasteiger partial charge in [-0.25, -0.2) is 19.8 Å². The third-order valence-electron chi connectivity index (χ3n) is 6.15. The molecule has 1 aliphatic rings. The van der Waals surface area contributed by atoms with Crippen LogP contribution in [0.1, 0.15) is 64.0 Å². The molecule has 13 heteroatoms. The van der Waals surface area contributed by atoms with Gasteiger partial charge in [-0.15, -0.1) is 0 Å². The highest BCUT2D eigenvalue weighted by Gasteiger charge is 2.28. The largest absolute Gasteiger partial charge is 0.480 e. The standard InChI is InChI=1S/C21H31N3O5.C10H11NO4/c1-21(2,3)29-20(27)24-23-18(25)17(13-15-9-7-8-10-15)22-19(26)28-14-16-11-5-4-6-12-16;12-9(13)6-11-10(14)15-7-8-4-2-1-3-5-8/h4-6,11-12,15,17H,7-10,13-14H2,1-3H3,(H,22,26)(H,23,25)(H,24,27);1-5H,6-7H2,(H,11,14)(H,12,13)/t17-;/m0./s1. The summed E-state index contributed by atoms with van der Waals surface area (Å²) >= 11 is 0. The van der Waals surface area contributed by atoms with Crippen LogP contribution in [0, 0.1) is 5.92 Å². The maximum atomic E-state index is 12.6. The Kier molecular flexibility index (Phi) is 15.0. The van der Waals surface area contributed by atoms with Crippen LogP contribution in [0.25, 0.3) is 0 Å². The van der Waals surface area contributed by atoms with Crippen molar-refractivity contribution in [2.45, 2.75) is 77.7 Å². The zero-order chi connectivity index (χ0) is 32.4. The third kappa shape index (κ3) is 16.0. The van der Waals surface area contributed by atoms with E-state index in [4.69, 9.17) is 19.3 Å². The lowest BCUT2D eigenvalue weighted by Gasteiger charge is -2.23. The number of hydrazine groups is 1. The molecule has 1 atom stereocenters. The number of carboxylic acids is 1. The summed E-state index contributed by atoms with van der Waals surface area (Å²) in [6.07, 6.45) is 2.58. The smallest absolute Gasteiger partial charge is 0.426 e. The molecule has 0 spiro atoms. The molecule has 1 saturated carbocycles. The molecule has 0 aliphatic heterocycles. The number of alkyl carbamates (subject to hydrolysis) is 2. The van der Waals surface area contributed by atoms with Crippen LogP contribution < -0.4 is 21.5 Å². The molecule has 0 radical (unpaired) electrons. The van der Waals surface area contributed by atoms with Gasteiger partial charge in [-0.05, 0) is 44.2 Å². The molecule has 0 heterocycles. The molecule has 240 valence electrons. The Morgan fingerprint density at radius 3 is 1.82 bits per heavy atom. The minimum atomic E-state index is -1.10. The second kappa shape index (κ2) is 18.7. The van der Waals surface area contributed by atoms with Gasteiger partial charge in [0, 0.05) is 0 Å². The Morgan fingerprint density at radius 1 is 0.795 bits per heavy atom. The normalized spacial score (nSPS) is 13.2. The van der Waals surface area contributed by atoms with Gasteiger partial charge in [-0.3, -0.25) is 15.0 Å². The molecular formula is C31H42N4O9. The van der Waals surface area contributed by atoms with Crippen molar-refractivity contribution in [1.82, 2.24) is 21.5 Å². The highest BCUT2D eigenvalue weighted by atomic mass is 16.6. The monoisotopic (exact) mass is 614 g/mol. The van der Waals surface area contributed by atoms with Crippen LogP contribution in [-0.2, 0) is 37.0 Å². The highest BCUT2D eigenvalue weighted by molar-refractivity contribution is 5.86. The van der Waals surface area contributed by atoms with Gasteiger partial charge in [0.05, 0.1) is 0 Å². The lowest BCUT2D eigenvalue weighted by Crippen LogP contribution is -2.53. The molecule has 44 heavy (non-hydrogen) atoms. The summed E-state index contributed by atoms with van der Waals surface area (Å²) in [7, 11) is 0. The maximum absolute atomic E-state index is 12.6. The molecule has 4 amide bonds. The Morgan fingerprint density at radius 2 is 1.32 bits per heavy atom. The number of carbonyl (C=O) groups excluding carboxylic acids is 4. The Bertz CT molecular complexity index is 1200. The fourth-order valence-electron chi connectivity index (χ4n) is 4.14. The van der Waals surface area contributed by atoms with Crippen molar-refractivity contribution in [2.75, 3.05) is 6.54 Å². The van der Waals surface area contributed by atoms with E-state index in [-0.39, 0.29) is 13.2 Å². The molecule has 5 N–H and O–H groups in total. The number of nitrogens with one attached hydrogen (secondary N) is 4. The summed E-state index contributed by atoms with van der Waals surface area (Å²) in [6.45, 7) is 4.98. The van der Waals surface area contributed by atoms with Crippen LogP contribution in [0.15, 0.2) is 60.7 Å². The first-order chi connectivity index (χ1) is 20.9. The predicted octanol–water partition coefficient (Wildman–Crippen LogP) is 4.42. The van der Waals surface area contributed by atoms with Crippen LogP contribution >= 0.6 is 0 Å². The zero-order valence-corrected chi connectivity index (χ0v) is 25.3. The molecular weight excluding hydrogens is 572 g/mol. The summed E-state index contributed by atoms with van der Waals surface area (Å²) in [5, 5.41) is 13.0. The van der Waals surface area contributed by atoms with E-state index in [1.807, 2.05) is 60.7 Å². The number of hydrogen-bond acceptors (Lipinski definition) is 8. The number of carbonyl (C=O) groups is 5. The predicted molar refractivity (Wildman–Crippen MR) is 160 cm³/mol. The van der Waals surface area contributed by atoms with E-state index >= 15 is 0 Å². The Labute approximate surface area is 257 Å². The van der Waals surface area contributed by atoms with E-state index in [2.05, 4.69) is 21.5 Å². The number of carboxylic acid groups (broad SMARTS) is 1. The van der Waals surface area contributed by atoms with Gasteiger partial charge in [-0.2, -0.15) is 0 Å². The first-order valence-corrected chi connectivity index (χ1v) is 14.3. The van der Waals surface area contributed by atoms with Gasteiger partial charge in [-0.1, -0.05) is 86.3 Å². The Balaban J connectivity index is 0.000000378. The molecule has 0 saturated heterocycles. The fourth-order valence-corrected chi connectivity index (χ4v) is 4.14. The van der Waals surface area contributed by atoms with E-state index in [0.717, 1.165) is 36.8 Å². The quantitative estimate of drug-likeness (QED) is 0.191. The second-order valence-corrected chi connectivity index (χ2v) is 11.1. The van der Waals surface area contributed by atoms with Gasteiger partial charge >= 0.3 is 24.2 Å². The summed E-state index contributed by atoms with van der Waals surface area (Å²) in [6, 6.07) is 17.6. The first-order valence-electron chi connectivity index (χ1n) is 14.3.